The first-order chi connectivity index (χ1) is 18.9. The minimum absolute atomic E-state index is 0.0528. The number of nitrogens with one attached hydrogen (secondary N) is 5. The van der Waals surface area contributed by atoms with Crippen LogP contribution in [-0.4, -0.2) is 79.2 Å². The topological polar surface area (TPSA) is 149 Å². The zero-order valence-electron chi connectivity index (χ0n) is 24.6. The second kappa shape index (κ2) is 15.4. The number of amides is 5. The third-order valence-corrected chi connectivity index (χ3v) is 7.04. The van der Waals surface area contributed by atoms with E-state index < -0.39 is 47.3 Å². The maximum absolute atomic E-state index is 13.6. The SMILES string of the molecule is CC[C@@H]1NC(=O)[C@H](CCCCN(C)C)NC(=O)[C@](C)(NC(=O)C(C)C)CCNC(=O)[C@@H](c2ccccc2)NC1=O. The van der Waals surface area contributed by atoms with Gasteiger partial charge in [0.25, 0.3) is 0 Å². The molecule has 0 radical (unpaired) electrons. The molecule has 1 aliphatic rings. The van der Waals surface area contributed by atoms with Crippen molar-refractivity contribution in [2.75, 3.05) is 27.2 Å². The molecule has 0 aromatic heterocycles. The van der Waals surface area contributed by atoms with Crippen LogP contribution in [0.25, 0.3) is 0 Å². The number of benzene rings is 1. The van der Waals surface area contributed by atoms with Gasteiger partial charge in [0, 0.05) is 12.5 Å². The van der Waals surface area contributed by atoms with E-state index in [2.05, 4.69) is 26.6 Å². The molecule has 0 aliphatic carbocycles. The van der Waals surface area contributed by atoms with Gasteiger partial charge in [-0.25, -0.2) is 0 Å². The maximum Gasteiger partial charge on any atom is 0.247 e. The Morgan fingerprint density at radius 2 is 1.62 bits per heavy atom. The summed E-state index contributed by atoms with van der Waals surface area (Å²) in [5.74, 6) is -2.68. The summed E-state index contributed by atoms with van der Waals surface area (Å²) >= 11 is 0. The molecule has 11 nitrogen and oxygen atoms in total. The largest absolute Gasteiger partial charge is 0.354 e. The molecule has 40 heavy (non-hydrogen) atoms. The first-order valence-corrected chi connectivity index (χ1v) is 14.1. The Morgan fingerprint density at radius 3 is 2.23 bits per heavy atom. The number of carbonyl (C=O) groups excluding carboxylic acids is 5. The van der Waals surface area contributed by atoms with Crippen molar-refractivity contribution in [3.63, 3.8) is 0 Å². The summed E-state index contributed by atoms with van der Waals surface area (Å²) in [7, 11) is 3.93. The minimum Gasteiger partial charge on any atom is -0.354 e. The Bertz CT molecular complexity index is 1030. The molecule has 0 saturated carbocycles. The monoisotopic (exact) mass is 558 g/mol. The van der Waals surface area contributed by atoms with Crippen LogP contribution in [0.5, 0.6) is 0 Å². The van der Waals surface area contributed by atoms with Crippen molar-refractivity contribution in [3.05, 3.63) is 35.9 Å². The average Bonchev–Trinajstić information content (AvgIpc) is 2.91. The molecule has 1 aromatic carbocycles. The van der Waals surface area contributed by atoms with Gasteiger partial charge in [0.15, 0.2) is 0 Å². The molecular formula is C29H46N6O5. The third-order valence-electron chi connectivity index (χ3n) is 7.04. The van der Waals surface area contributed by atoms with Crippen molar-refractivity contribution < 1.29 is 24.0 Å². The molecule has 11 heteroatoms. The van der Waals surface area contributed by atoms with Crippen LogP contribution in [0.3, 0.4) is 0 Å². The maximum atomic E-state index is 13.6. The Morgan fingerprint density at radius 1 is 0.975 bits per heavy atom. The van der Waals surface area contributed by atoms with Crippen LogP contribution in [0.2, 0.25) is 0 Å². The number of rotatable bonds is 9. The predicted molar refractivity (Wildman–Crippen MR) is 153 cm³/mol. The molecule has 1 saturated heterocycles. The van der Waals surface area contributed by atoms with Crippen LogP contribution in [-0.2, 0) is 24.0 Å². The highest BCUT2D eigenvalue weighted by molar-refractivity contribution is 5.97. The molecule has 2 rings (SSSR count). The van der Waals surface area contributed by atoms with Crippen molar-refractivity contribution in [1.29, 1.82) is 0 Å². The van der Waals surface area contributed by atoms with Gasteiger partial charge in [0.2, 0.25) is 29.5 Å². The molecule has 222 valence electrons. The summed E-state index contributed by atoms with van der Waals surface area (Å²) in [5, 5.41) is 14.0. The van der Waals surface area contributed by atoms with E-state index in [9.17, 15) is 24.0 Å². The molecule has 1 aromatic rings. The van der Waals surface area contributed by atoms with Crippen molar-refractivity contribution >= 4 is 29.5 Å². The quantitative estimate of drug-likeness (QED) is 0.286. The smallest absolute Gasteiger partial charge is 0.247 e. The van der Waals surface area contributed by atoms with Crippen LogP contribution in [0, 0.1) is 5.92 Å². The van der Waals surface area contributed by atoms with Gasteiger partial charge in [-0.1, -0.05) is 51.1 Å². The third kappa shape index (κ3) is 9.62. The van der Waals surface area contributed by atoms with E-state index in [4.69, 9.17) is 0 Å². The summed E-state index contributed by atoms with van der Waals surface area (Å²) in [5.41, 5.74) is -0.815. The first kappa shape index (κ1) is 32.7. The number of carbonyl (C=O) groups is 5. The van der Waals surface area contributed by atoms with E-state index >= 15 is 0 Å². The first-order valence-electron chi connectivity index (χ1n) is 14.1. The fourth-order valence-electron chi connectivity index (χ4n) is 4.36. The second-order valence-electron chi connectivity index (χ2n) is 11.2. The normalized spacial score (nSPS) is 24.9. The van der Waals surface area contributed by atoms with Gasteiger partial charge >= 0.3 is 0 Å². The lowest BCUT2D eigenvalue weighted by molar-refractivity contribution is -0.138. The number of unbranched alkanes of at least 4 members (excludes halogenated alkanes) is 1. The molecule has 0 unspecified atom stereocenters. The number of nitrogens with zero attached hydrogens (tertiary/aromatic N) is 1. The van der Waals surface area contributed by atoms with Crippen LogP contribution >= 0.6 is 0 Å². The number of hydrogen-bond acceptors (Lipinski definition) is 6. The van der Waals surface area contributed by atoms with E-state index in [-0.39, 0.29) is 31.2 Å². The second-order valence-corrected chi connectivity index (χ2v) is 11.2. The Balaban J connectivity index is 2.43. The van der Waals surface area contributed by atoms with E-state index in [0.717, 1.165) is 13.0 Å². The zero-order chi connectivity index (χ0) is 29.9. The van der Waals surface area contributed by atoms with E-state index in [1.807, 2.05) is 25.1 Å². The van der Waals surface area contributed by atoms with E-state index in [1.54, 1.807) is 52.0 Å². The fraction of sp³-hybridized carbons (Fsp3) is 0.621. The predicted octanol–water partition coefficient (Wildman–Crippen LogP) is 1.01. The molecule has 1 heterocycles. The highest BCUT2D eigenvalue weighted by Crippen LogP contribution is 2.17. The molecule has 1 aliphatic heterocycles. The van der Waals surface area contributed by atoms with Crippen molar-refractivity contribution in [1.82, 2.24) is 31.5 Å². The van der Waals surface area contributed by atoms with E-state index in [0.29, 0.717) is 18.4 Å². The molecular weight excluding hydrogens is 512 g/mol. The summed E-state index contributed by atoms with van der Waals surface area (Å²) in [6.07, 6.45) is 2.20. The summed E-state index contributed by atoms with van der Waals surface area (Å²) < 4.78 is 0. The molecule has 0 bridgehead atoms. The molecule has 5 N–H and O–H groups in total. The van der Waals surface area contributed by atoms with Crippen molar-refractivity contribution in [2.45, 2.75) is 83.5 Å². The van der Waals surface area contributed by atoms with Gasteiger partial charge in [0.1, 0.15) is 23.7 Å². The highest BCUT2D eigenvalue weighted by Gasteiger charge is 2.38. The van der Waals surface area contributed by atoms with E-state index in [1.165, 1.54) is 0 Å². The Hall–Kier alpha value is -3.47. The summed E-state index contributed by atoms with van der Waals surface area (Å²) in [6, 6.07) is 5.98. The molecule has 0 spiro atoms. The lowest BCUT2D eigenvalue weighted by atomic mass is 9.93. The molecule has 1 fully saturated rings. The Labute approximate surface area is 237 Å². The van der Waals surface area contributed by atoms with Gasteiger partial charge in [-0.05, 0) is 65.2 Å². The van der Waals surface area contributed by atoms with Gasteiger partial charge in [0.05, 0.1) is 0 Å². The number of hydrogen-bond donors (Lipinski definition) is 5. The van der Waals surface area contributed by atoms with Gasteiger partial charge in [-0.2, -0.15) is 0 Å². The van der Waals surface area contributed by atoms with Crippen LogP contribution in [0.4, 0.5) is 0 Å². The fourth-order valence-corrected chi connectivity index (χ4v) is 4.36. The minimum atomic E-state index is -1.39. The van der Waals surface area contributed by atoms with Crippen molar-refractivity contribution in [2.24, 2.45) is 5.92 Å². The van der Waals surface area contributed by atoms with Gasteiger partial charge < -0.3 is 31.5 Å². The van der Waals surface area contributed by atoms with Gasteiger partial charge in [-0.15, -0.1) is 0 Å². The van der Waals surface area contributed by atoms with Gasteiger partial charge in [-0.3, -0.25) is 24.0 Å². The van der Waals surface area contributed by atoms with Crippen LogP contribution in [0.15, 0.2) is 30.3 Å². The summed E-state index contributed by atoms with van der Waals surface area (Å²) in [4.78, 5) is 68.3. The van der Waals surface area contributed by atoms with Crippen LogP contribution < -0.4 is 26.6 Å². The average molecular weight is 559 g/mol. The van der Waals surface area contributed by atoms with Crippen LogP contribution in [0.1, 0.15) is 71.4 Å². The van der Waals surface area contributed by atoms with Crippen molar-refractivity contribution in [3.8, 4) is 0 Å². The summed E-state index contributed by atoms with van der Waals surface area (Å²) in [6.45, 7) is 7.67. The highest BCUT2D eigenvalue weighted by atomic mass is 16.2. The Kier molecular flexibility index (Phi) is 12.6. The standard InChI is InChI=1S/C29H46N6O5/c1-7-21-25(37)33-23(20-13-9-8-10-14-20)27(39)30-17-16-29(4,34-24(36)19(2)3)28(40)32-22(26(38)31-21)15-11-12-18-35(5)6/h8-10,13-14,19,21-23H,7,11-12,15-18H2,1-6H3,(H,30,39)(H,31,38)(H,32,40)(H,33,37)(H,34,36)/t21-,22-,23+,29+/m0/s1. The lowest BCUT2D eigenvalue weighted by Gasteiger charge is -2.33. The molecule has 5 amide bonds. The zero-order valence-corrected chi connectivity index (χ0v) is 24.6. The lowest BCUT2D eigenvalue weighted by Crippen LogP contribution is -2.63. The molecule has 4 atom stereocenters.